The van der Waals surface area contributed by atoms with E-state index >= 15 is 0 Å². The Morgan fingerprint density at radius 2 is 0.923 bits per heavy atom. The van der Waals surface area contributed by atoms with Gasteiger partial charge in [-0.2, -0.15) is 0 Å². The SMILES string of the molecule is c1cc2c(ccc3c4cc5sc6c7ccsc7ccc6c5cc4sc23)s1. The third kappa shape index (κ3) is 1.68. The lowest BCUT2D eigenvalue weighted by molar-refractivity contribution is 2.01. The Hall–Kier alpha value is -1.98. The van der Waals surface area contributed by atoms with Crippen molar-refractivity contribution in [1.82, 2.24) is 0 Å². The van der Waals surface area contributed by atoms with Gasteiger partial charge >= 0.3 is 0 Å². The Morgan fingerprint density at radius 1 is 0.423 bits per heavy atom. The summed E-state index contributed by atoms with van der Waals surface area (Å²) in [6.07, 6.45) is 0. The number of rotatable bonds is 0. The molecule has 0 nitrogen and oxygen atoms in total. The summed E-state index contributed by atoms with van der Waals surface area (Å²) in [7, 11) is 0. The molecule has 122 valence electrons. The van der Waals surface area contributed by atoms with Gasteiger partial charge in [-0.25, -0.2) is 0 Å². The van der Waals surface area contributed by atoms with Crippen LogP contribution in [0.5, 0.6) is 0 Å². The normalized spacial score (nSPS) is 12.6. The first-order valence-electron chi connectivity index (χ1n) is 8.42. The molecule has 4 heteroatoms. The van der Waals surface area contributed by atoms with E-state index in [9.17, 15) is 0 Å². The topological polar surface area (TPSA) is 0 Å². The first kappa shape index (κ1) is 14.1. The molecule has 0 aliphatic heterocycles. The molecule has 0 atom stereocenters. The molecule has 0 amide bonds. The van der Waals surface area contributed by atoms with Gasteiger partial charge in [0.1, 0.15) is 0 Å². The largest absolute Gasteiger partial charge is 0.144 e. The molecule has 26 heavy (non-hydrogen) atoms. The zero-order chi connectivity index (χ0) is 16.8. The molecule has 0 N–H and O–H groups in total. The molecule has 0 aliphatic carbocycles. The molecule has 0 bridgehead atoms. The maximum absolute atomic E-state index is 2.42. The standard InChI is InChI=1S/C22H10S4/c1-3-17-13(5-7-23-17)21-11(1)15-9-20-16(10-19(15)25-21)12-2-4-18-14(6-8-24-18)22(12)26-20/h1-10H. The van der Waals surface area contributed by atoms with Crippen LogP contribution < -0.4 is 0 Å². The van der Waals surface area contributed by atoms with Crippen LogP contribution in [0.4, 0.5) is 0 Å². The molecular formula is C22H10S4. The predicted octanol–water partition coefficient (Wildman–Crippen LogP) is 8.85. The van der Waals surface area contributed by atoms with Crippen molar-refractivity contribution in [3.05, 3.63) is 59.3 Å². The number of hydrogen-bond donors (Lipinski definition) is 0. The van der Waals surface area contributed by atoms with Crippen LogP contribution in [0, 0.1) is 0 Å². The quantitative estimate of drug-likeness (QED) is 0.238. The van der Waals surface area contributed by atoms with Gasteiger partial charge in [-0.3, -0.25) is 0 Å². The molecule has 4 aromatic heterocycles. The van der Waals surface area contributed by atoms with Crippen molar-refractivity contribution in [2.75, 3.05) is 0 Å². The number of benzene rings is 3. The Morgan fingerprint density at radius 3 is 1.42 bits per heavy atom. The lowest BCUT2D eigenvalue weighted by Gasteiger charge is -1.95. The Bertz CT molecular complexity index is 1510. The fourth-order valence-electron chi connectivity index (χ4n) is 4.05. The van der Waals surface area contributed by atoms with Crippen LogP contribution in [-0.4, -0.2) is 0 Å². The van der Waals surface area contributed by atoms with Gasteiger partial charge in [0, 0.05) is 60.5 Å². The molecule has 0 fully saturated rings. The van der Waals surface area contributed by atoms with Crippen molar-refractivity contribution >= 4 is 106 Å². The van der Waals surface area contributed by atoms with E-state index in [1.807, 2.05) is 45.3 Å². The summed E-state index contributed by atoms with van der Waals surface area (Å²) in [6, 6.07) is 18.5. The lowest BCUT2D eigenvalue weighted by atomic mass is 10.1. The Labute approximate surface area is 164 Å². The molecule has 0 spiro atoms. The number of fused-ring (bicyclic) bond motifs is 10. The third-order valence-electron chi connectivity index (χ3n) is 5.26. The smallest absolute Gasteiger partial charge is 0.0442 e. The van der Waals surface area contributed by atoms with E-state index in [1.165, 1.54) is 60.5 Å². The van der Waals surface area contributed by atoms with Crippen molar-refractivity contribution in [2.45, 2.75) is 0 Å². The summed E-state index contributed by atoms with van der Waals surface area (Å²) < 4.78 is 8.43. The second kappa shape index (κ2) is 4.84. The van der Waals surface area contributed by atoms with Crippen molar-refractivity contribution in [3.63, 3.8) is 0 Å². The summed E-state index contributed by atoms with van der Waals surface area (Å²) in [5.74, 6) is 0. The predicted molar refractivity (Wildman–Crippen MR) is 123 cm³/mol. The molecule has 0 aliphatic rings. The van der Waals surface area contributed by atoms with E-state index in [1.54, 1.807) is 0 Å². The van der Waals surface area contributed by atoms with Gasteiger partial charge in [-0.05, 0) is 47.2 Å². The highest BCUT2D eigenvalue weighted by Crippen LogP contribution is 2.45. The van der Waals surface area contributed by atoms with Gasteiger partial charge in [0.2, 0.25) is 0 Å². The molecular weight excluding hydrogens is 393 g/mol. The zero-order valence-electron chi connectivity index (χ0n) is 13.4. The molecule has 0 unspecified atom stereocenters. The number of hydrogen-bond acceptors (Lipinski definition) is 4. The Balaban J connectivity index is 1.69. The highest BCUT2D eigenvalue weighted by molar-refractivity contribution is 7.29. The van der Waals surface area contributed by atoms with Crippen LogP contribution in [0.25, 0.3) is 60.5 Å². The van der Waals surface area contributed by atoms with Crippen molar-refractivity contribution in [1.29, 1.82) is 0 Å². The average Bonchev–Trinajstić information content (AvgIpc) is 3.41. The zero-order valence-corrected chi connectivity index (χ0v) is 16.7. The highest BCUT2D eigenvalue weighted by Gasteiger charge is 2.14. The lowest BCUT2D eigenvalue weighted by Crippen LogP contribution is -1.69. The molecule has 0 saturated carbocycles. The van der Waals surface area contributed by atoms with Gasteiger partial charge in [0.15, 0.2) is 0 Å². The summed E-state index contributed by atoms with van der Waals surface area (Å²) in [5, 5.41) is 12.8. The van der Waals surface area contributed by atoms with Gasteiger partial charge in [0.25, 0.3) is 0 Å². The fraction of sp³-hybridized carbons (Fsp3) is 0. The second-order valence-corrected chi connectivity index (χ2v) is 10.6. The van der Waals surface area contributed by atoms with Crippen LogP contribution >= 0.6 is 45.3 Å². The van der Waals surface area contributed by atoms with Gasteiger partial charge in [-0.15, -0.1) is 45.3 Å². The molecule has 0 radical (unpaired) electrons. The van der Waals surface area contributed by atoms with E-state index < -0.39 is 0 Å². The highest BCUT2D eigenvalue weighted by atomic mass is 32.1. The van der Waals surface area contributed by atoms with Gasteiger partial charge < -0.3 is 0 Å². The summed E-state index contributed by atoms with van der Waals surface area (Å²) in [4.78, 5) is 0. The number of thiophene rings is 4. The maximum Gasteiger partial charge on any atom is 0.0442 e. The molecule has 3 aromatic carbocycles. The minimum Gasteiger partial charge on any atom is -0.144 e. The third-order valence-corrected chi connectivity index (χ3v) is 9.43. The van der Waals surface area contributed by atoms with Crippen molar-refractivity contribution in [2.24, 2.45) is 0 Å². The monoisotopic (exact) mass is 402 g/mol. The Kier molecular flexibility index (Phi) is 2.63. The molecule has 7 rings (SSSR count). The maximum atomic E-state index is 2.42. The van der Waals surface area contributed by atoms with Crippen LogP contribution in [0.3, 0.4) is 0 Å². The second-order valence-electron chi connectivity index (χ2n) is 6.60. The van der Waals surface area contributed by atoms with Crippen molar-refractivity contribution < 1.29 is 0 Å². The van der Waals surface area contributed by atoms with E-state index in [2.05, 4.69) is 59.3 Å². The summed E-state index contributed by atoms with van der Waals surface area (Å²) in [5.41, 5.74) is 0. The van der Waals surface area contributed by atoms with Crippen molar-refractivity contribution in [3.8, 4) is 0 Å². The molecule has 7 aromatic rings. The van der Waals surface area contributed by atoms with Gasteiger partial charge in [0.05, 0.1) is 0 Å². The van der Waals surface area contributed by atoms with Crippen LogP contribution in [-0.2, 0) is 0 Å². The first-order valence-corrected chi connectivity index (χ1v) is 11.8. The van der Waals surface area contributed by atoms with E-state index in [0.717, 1.165) is 0 Å². The fourth-order valence-corrected chi connectivity index (χ4v) is 8.27. The summed E-state index contributed by atoms with van der Waals surface area (Å²) >= 11 is 7.54. The molecule has 0 saturated heterocycles. The van der Waals surface area contributed by atoms with E-state index in [4.69, 9.17) is 0 Å². The molecule has 4 heterocycles. The minimum atomic E-state index is 1.39. The van der Waals surface area contributed by atoms with E-state index in [-0.39, 0.29) is 0 Å². The van der Waals surface area contributed by atoms with Gasteiger partial charge in [-0.1, -0.05) is 12.1 Å². The van der Waals surface area contributed by atoms with Crippen LogP contribution in [0.2, 0.25) is 0 Å². The van der Waals surface area contributed by atoms with Crippen LogP contribution in [0.1, 0.15) is 0 Å². The first-order chi connectivity index (χ1) is 12.9. The average molecular weight is 403 g/mol. The van der Waals surface area contributed by atoms with Crippen LogP contribution in [0.15, 0.2) is 59.3 Å². The summed E-state index contributed by atoms with van der Waals surface area (Å²) in [6.45, 7) is 0. The van der Waals surface area contributed by atoms with E-state index in [0.29, 0.717) is 0 Å². The minimum absolute atomic E-state index is 1.39.